The maximum absolute atomic E-state index is 12.2. The monoisotopic (exact) mass is 421 g/mol. The van der Waals surface area contributed by atoms with Crippen molar-refractivity contribution in [3.63, 3.8) is 0 Å². The van der Waals surface area contributed by atoms with Gasteiger partial charge in [0.25, 0.3) is 11.6 Å². The highest BCUT2D eigenvalue weighted by Gasteiger charge is 2.36. The Balaban J connectivity index is 1.54. The van der Waals surface area contributed by atoms with Crippen molar-refractivity contribution in [3.8, 4) is 0 Å². The average Bonchev–Trinajstić information content (AvgIpc) is 3.36. The van der Waals surface area contributed by atoms with Gasteiger partial charge in [-0.2, -0.15) is 0 Å². The Labute approximate surface area is 171 Å². The predicted octanol–water partition coefficient (Wildman–Crippen LogP) is 3.67. The molecule has 28 heavy (non-hydrogen) atoms. The summed E-state index contributed by atoms with van der Waals surface area (Å²) < 4.78 is 0. The number of carbonyl (C=O) groups excluding carboxylic acids is 2. The van der Waals surface area contributed by atoms with Crippen molar-refractivity contribution >= 4 is 40.4 Å². The van der Waals surface area contributed by atoms with Gasteiger partial charge in [0.05, 0.1) is 22.1 Å². The molecule has 148 valence electrons. The van der Waals surface area contributed by atoms with Crippen molar-refractivity contribution in [2.45, 2.75) is 31.1 Å². The van der Waals surface area contributed by atoms with E-state index in [-0.39, 0.29) is 34.1 Å². The molecule has 0 spiro atoms. The topological polar surface area (TPSA) is 101 Å². The summed E-state index contributed by atoms with van der Waals surface area (Å²) in [5, 5.41) is 18.2. The molecule has 9 heteroatoms. The number of hydrogen-bond acceptors (Lipinski definition) is 5. The zero-order valence-electron chi connectivity index (χ0n) is 15.1. The molecule has 1 heterocycles. The standard InChI is InChI=1S/C19H20ClN3O4S/c20-15-10-13(23(26)27)5-6-14(15)18(25)21-11-17(24)22-12-19(7-1-2-8-19)16-4-3-9-28-16/h3-6,9-10H,1-2,7-8,11-12H2,(H,21,25)(H,22,24). The van der Waals surface area contributed by atoms with Gasteiger partial charge in [0.15, 0.2) is 0 Å². The fourth-order valence-electron chi connectivity index (χ4n) is 3.53. The fourth-order valence-corrected chi connectivity index (χ4v) is 4.78. The van der Waals surface area contributed by atoms with Gasteiger partial charge < -0.3 is 10.6 Å². The Bertz CT molecular complexity index is 879. The highest BCUT2D eigenvalue weighted by Crippen LogP contribution is 2.42. The lowest BCUT2D eigenvalue weighted by molar-refractivity contribution is -0.384. The second kappa shape index (κ2) is 8.70. The summed E-state index contributed by atoms with van der Waals surface area (Å²) in [6.45, 7) is 0.354. The quantitative estimate of drug-likeness (QED) is 0.526. The number of halogens is 1. The van der Waals surface area contributed by atoms with E-state index in [2.05, 4.69) is 16.7 Å². The number of benzene rings is 1. The summed E-state index contributed by atoms with van der Waals surface area (Å²) in [7, 11) is 0. The molecule has 1 aliphatic carbocycles. The van der Waals surface area contributed by atoms with Crippen LogP contribution in [0.15, 0.2) is 35.7 Å². The highest BCUT2D eigenvalue weighted by atomic mass is 35.5. The zero-order chi connectivity index (χ0) is 20.1. The van der Waals surface area contributed by atoms with Crippen LogP contribution in [0.25, 0.3) is 0 Å². The van der Waals surface area contributed by atoms with Crippen LogP contribution in [-0.4, -0.2) is 29.8 Å². The number of non-ortho nitro benzene ring substituents is 1. The van der Waals surface area contributed by atoms with Crippen LogP contribution in [-0.2, 0) is 10.2 Å². The third-order valence-electron chi connectivity index (χ3n) is 5.05. The first-order chi connectivity index (χ1) is 13.4. The molecule has 0 unspecified atom stereocenters. The maximum Gasteiger partial charge on any atom is 0.270 e. The van der Waals surface area contributed by atoms with Gasteiger partial charge in [-0.3, -0.25) is 19.7 Å². The van der Waals surface area contributed by atoms with Crippen molar-refractivity contribution in [2.24, 2.45) is 0 Å². The molecule has 2 amide bonds. The van der Waals surface area contributed by atoms with Crippen molar-refractivity contribution in [2.75, 3.05) is 13.1 Å². The first-order valence-electron chi connectivity index (χ1n) is 8.94. The molecule has 7 nitrogen and oxygen atoms in total. The van der Waals surface area contributed by atoms with Gasteiger partial charge in [0.2, 0.25) is 5.91 Å². The van der Waals surface area contributed by atoms with Crippen LogP contribution in [0.1, 0.15) is 40.9 Å². The molecule has 1 aromatic carbocycles. The molecule has 0 saturated heterocycles. The van der Waals surface area contributed by atoms with Crippen LogP contribution in [0.4, 0.5) is 5.69 Å². The fraction of sp³-hybridized carbons (Fsp3) is 0.368. The van der Waals surface area contributed by atoms with Gasteiger partial charge in [0, 0.05) is 29.0 Å². The number of nitro benzene ring substituents is 1. The molecular formula is C19H20ClN3O4S. The van der Waals surface area contributed by atoms with Gasteiger partial charge in [-0.1, -0.05) is 30.5 Å². The summed E-state index contributed by atoms with van der Waals surface area (Å²) in [5.41, 5.74) is -0.129. The van der Waals surface area contributed by atoms with E-state index in [1.807, 2.05) is 11.4 Å². The lowest BCUT2D eigenvalue weighted by Crippen LogP contribution is -2.43. The molecule has 3 rings (SSSR count). The summed E-state index contributed by atoms with van der Waals surface area (Å²) in [5.74, 6) is -0.835. The Hall–Kier alpha value is -2.45. The smallest absolute Gasteiger partial charge is 0.270 e. The molecule has 0 radical (unpaired) electrons. The molecular weight excluding hydrogens is 402 g/mol. The molecule has 1 aliphatic rings. The molecule has 0 atom stereocenters. The zero-order valence-corrected chi connectivity index (χ0v) is 16.6. The van der Waals surface area contributed by atoms with Gasteiger partial charge in [-0.25, -0.2) is 0 Å². The number of amides is 2. The van der Waals surface area contributed by atoms with Gasteiger partial charge in [-0.05, 0) is 30.4 Å². The SMILES string of the molecule is O=C(CNC(=O)c1ccc([N+](=O)[O-])cc1Cl)NCC1(c2cccs2)CCCC1. The Kier molecular flexibility index (Phi) is 6.31. The first kappa shape index (κ1) is 20.3. The molecule has 0 bridgehead atoms. The van der Waals surface area contributed by atoms with Crippen LogP contribution < -0.4 is 10.6 Å². The number of nitro groups is 1. The van der Waals surface area contributed by atoms with E-state index in [1.54, 1.807) is 11.3 Å². The molecule has 0 aliphatic heterocycles. The summed E-state index contributed by atoms with van der Waals surface area (Å²) in [6, 6.07) is 7.72. The minimum atomic E-state index is -0.590. The van der Waals surface area contributed by atoms with Crippen LogP contribution in [0, 0.1) is 10.1 Å². The van der Waals surface area contributed by atoms with Crippen LogP contribution in [0.2, 0.25) is 5.02 Å². The number of nitrogens with one attached hydrogen (secondary N) is 2. The molecule has 1 fully saturated rings. The Morgan fingerprint density at radius 3 is 2.57 bits per heavy atom. The van der Waals surface area contributed by atoms with E-state index in [9.17, 15) is 19.7 Å². The first-order valence-corrected chi connectivity index (χ1v) is 10.2. The number of nitrogens with zero attached hydrogens (tertiary/aromatic N) is 1. The maximum atomic E-state index is 12.2. The number of hydrogen-bond donors (Lipinski definition) is 2. The highest BCUT2D eigenvalue weighted by molar-refractivity contribution is 7.10. The lowest BCUT2D eigenvalue weighted by Gasteiger charge is -2.28. The van der Waals surface area contributed by atoms with Gasteiger partial charge >= 0.3 is 0 Å². The Morgan fingerprint density at radius 2 is 1.96 bits per heavy atom. The van der Waals surface area contributed by atoms with Gasteiger partial charge in [0.1, 0.15) is 0 Å². The molecule has 1 aromatic heterocycles. The van der Waals surface area contributed by atoms with E-state index in [1.165, 1.54) is 17.0 Å². The van der Waals surface area contributed by atoms with Gasteiger partial charge in [-0.15, -0.1) is 11.3 Å². The predicted molar refractivity (Wildman–Crippen MR) is 108 cm³/mol. The van der Waals surface area contributed by atoms with E-state index < -0.39 is 10.8 Å². The van der Waals surface area contributed by atoms with E-state index >= 15 is 0 Å². The minimum Gasteiger partial charge on any atom is -0.354 e. The van der Waals surface area contributed by atoms with E-state index in [0.29, 0.717) is 6.54 Å². The van der Waals surface area contributed by atoms with Crippen LogP contribution in [0.3, 0.4) is 0 Å². The number of thiophene rings is 1. The lowest BCUT2D eigenvalue weighted by atomic mass is 9.84. The summed E-state index contributed by atoms with van der Waals surface area (Å²) >= 11 is 7.65. The van der Waals surface area contributed by atoms with E-state index in [4.69, 9.17) is 11.6 Å². The number of carbonyl (C=O) groups is 2. The summed E-state index contributed by atoms with van der Waals surface area (Å²) in [6.07, 6.45) is 4.36. The normalized spacial score (nSPS) is 15.2. The van der Waals surface area contributed by atoms with Crippen LogP contribution >= 0.6 is 22.9 Å². The van der Waals surface area contributed by atoms with Crippen molar-refractivity contribution < 1.29 is 14.5 Å². The second-order valence-electron chi connectivity index (χ2n) is 6.85. The third-order valence-corrected chi connectivity index (χ3v) is 6.48. The minimum absolute atomic E-state index is 0.0183. The second-order valence-corrected chi connectivity index (χ2v) is 8.20. The largest absolute Gasteiger partial charge is 0.354 e. The van der Waals surface area contributed by atoms with E-state index in [0.717, 1.165) is 31.7 Å². The Morgan fingerprint density at radius 1 is 1.21 bits per heavy atom. The summed E-state index contributed by atoms with van der Waals surface area (Å²) in [4.78, 5) is 35.9. The van der Waals surface area contributed by atoms with Crippen molar-refractivity contribution in [1.29, 1.82) is 0 Å². The van der Waals surface area contributed by atoms with Crippen molar-refractivity contribution in [1.82, 2.24) is 10.6 Å². The molecule has 1 saturated carbocycles. The molecule has 2 aromatic rings. The average molecular weight is 422 g/mol. The van der Waals surface area contributed by atoms with Crippen molar-refractivity contribution in [3.05, 3.63) is 61.3 Å². The molecule has 2 N–H and O–H groups in total. The van der Waals surface area contributed by atoms with Crippen LogP contribution in [0.5, 0.6) is 0 Å². The third kappa shape index (κ3) is 4.51. The number of rotatable bonds is 7.